The fraction of sp³-hybridized carbons (Fsp3) is 0.500. The van der Waals surface area contributed by atoms with Crippen molar-refractivity contribution >= 4 is 22.8 Å². The molecule has 7 nitrogen and oxygen atoms in total. The second-order valence-corrected chi connectivity index (χ2v) is 7.03. The number of carbonyl (C=O) groups is 1. The lowest BCUT2D eigenvalue weighted by Crippen LogP contribution is -2.18. The number of nitrogens with two attached hydrogens (primary N) is 2. The third kappa shape index (κ3) is 2.63. The molecular weight excluding hydrogens is 318 g/mol. The van der Waals surface area contributed by atoms with Crippen LogP contribution in [-0.2, 0) is 10.3 Å². The van der Waals surface area contributed by atoms with Crippen molar-refractivity contribution in [2.24, 2.45) is 11.7 Å². The number of carbonyl (C=O) groups excluding carboxylic acids is 1. The Balaban J connectivity index is 1.95. The number of nitrogen functional groups attached to an aromatic ring is 1. The monoisotopic (exact) mass is 339 g/mol. The van der Waals surface area contributed by atoms with Crippen molar-refractivity contribution in [2.45, 2.75) is 38.1 Å². The van der Waals surface area contributed by atoms with Gasteiger partial charge in [-0.3, -0.25) is 4.79 Å². The number of hydrogen-bond donors (Lipinski definition) is 2. The van der Waals surface area contributed by atoms with Gasteiger partial charge in [0.2, 0.25) is 0 Å². The molecule has 2 fully saturated rings. The predicted octanol–water partition coefficient (Wildman–Crippen LogP) is 1.40. The van der Waals surface area contributed by atoms with Crippen molar-refractivity contribution in [1.82, 2.24) is 14.5 Å². The fourth-order valence-electron chi connectivity index (χ4n) is 3.44. The molecule has 130 valence electrons. The molecule has 1 amide bonds. The first-order valence-electron chi connectivity index (χ1n) is 8.56. The van der Waals surface area contributed by atoms with Crippen LogP contribution in [-0.4, -0.2) is 33.7 Å². The van der Waals surface area contributed by atoms with E-state index in [4.69, 9.17) is 16.2 Å². The predicted molar refractivity (Wildman–Crippen MR) is 93.8 cm³/mol. The highest BCUT2D eigenvalue weighted by Gasteiger charge is 2.43. The second-order valence-electron chi connectivity index (χ2n) is 7.03. The summed E-state index contributed by atoms with van der Waals surface area (Å²) in [6, 6.07) is 0. The van der Waals surface area contributed by atoms with Gasteiger partial charge in [-0.15, -0.1) is 0 Å². The van der Waals surface area contributed by atoms with Crippen LogP contribution in [0.1, 0.15) is 48.7 Å². The zero-order valence-corrected chi connectivity index (χ0v) is 14.2. The molecule has 0 unspecified atom stereocenters. The van der Waals surface area contributed by atoms with Crippen molar-refractivity contribution in [3.05, 3.63) is 17.6 Å². The number of primary amides is 1. The lowest BCUT2D eigenvalue weighted by atomic mass is 10.0. The van der Waals surface area contributed by atoms with E-state index in [0.29, 0.717) is 22.3 Å². The van der Waals surface area contributed by atoms with Gasteiger partial charge in [0.25, 0.3) is 5.91 Å². The quantitative estimate of drug-likeness (QED) is 0.804. The molecule has 3 heterocycles. The molecule has 4 N–H and O–H groups in total. The summed E-state index contributed by atoms with van der Waals surface area (Å²) >= 11 is 0. The van der Waals surface area contributed by atoms with Crippen molar-refractivity contribution in [2.75, 3.05) is 18.9 Å². The maximum atomic E-state index is 12.2. The lowest BCUT2D eigenvalue weighted by Gasteiger charge is -2.17. The zero-order valence-electron chi connectivity index (χ0n) is 14.2. The molecule has 2 aromatic heterocycles. The molecular formula is C18H21N5O2. The highest BCUT2D eigenvalue weighted by Crippen LogP contribution is 2.47. The summed E-state index contributed by atoms with van der Waals surface area (Å²) in [6.07, 6.45) is 5.23. The van der Waals surface area contributed by atoms with Gasteiger partial charge in [0.1, 0.15) is 23.5 Å². The van der Waals surface area contributed by atoms with Crippen molar-refractivity contribution in [3.63, 3.8) is 0 Å². The molecule has 0 radical (unpaired) electrons. The molecule has 0 spiro atoms. The molecule has 0 atom stereocenters. The Bertz CT molecular complexity index is 911. The summed E-state index contributed by atoms with van der Waals surface area (Å²) < 4.78 is 7.42. The van der Waals surface area contributed by atoms with Crippen LogP contribution in [0.5, 0.6) is 0 Å². The SMILES string of the molecule is CC1(n2c(C#CC3CCOCC3)c(C(N)=O)c3c(N)ncnc32)CC1. The van der Waals surface area contributed by atoms with Crippen molar-refractivity contribution in [1.29, 1.82) is 0 Å². The summed E-state index contributed by atoms with van der Waals surface area (Å²) in [5, 5.41) is 0.513. The van der Waals surface area contributed by atoms with Crippen molar-refractivity contribution in [3.8, 4) is 11.8 Å². The van der Waals surface area contributed by atoms with E-state index < -0.39 is 5.91 Å². The van der Waals surface area contributed by atoms with Gasteiger partial charge in [-0.1, -0.05) is 5.92 Å². The van der Waals surface area contributed by atoms with Gasteiger partial charge in [-0.05, 0) is 38.5 Å². The first kappa shape index (κ1) is 15.9. The molecule has 1 saturated heterocycles. The van der Waals surface area contributed by atoms with E-state index in [-0.39, 0.29) is 17.3 Å². The van der Waals surface area contributed by atoms with E-state index in [1.807, 2.05) is 4.57 Å². The van der Waals surface area contributed by atoms with E-state index in [1.54, 1.807) is 0 Å². The maximum absolute atomic E-state index is 12.2. The molecule has 2 aromatic rings. The average Bonchev–Trinajstić information content (AvgIpc) is 3.23. The molecule has 2 aliphatic rings. The topological polar surface area (TPSA) is 109 Å². The summed E-state index contributed by atoms with van der Waals surface area (Å²) in [5.74, 6) is 6.51. The first-order valence-corrected chi connectivity index (χ1v) is 8.56. The second kappa shape index (κ2) is 5.74. The fourth-order valence-corrected chi connectivity index (χ4v) is 3.44. The molecule has 1 aliphatic carbocycles. The summed E-state index contributed by atoms with van der Waals surface area (Å²) in [5.41, 5.74) is 13.2. The highest BCUT2D eigenvalue weighted by atomic mass is 16.5. The number of amides is 1. The molecule has 0 aromatic carbocycles. The standard InChI is InChI=1S/C18H21N5O2/c1-18(6-7-18)23-12(3-2-11-4-8-25-9-5-11)13(16(20)24)14-15(19)21-10-22-17(14)23/h10-11H,4-9H2,1H3,(H2,20,24)(H2,19,21,22). The Kier molecular flexibility index (Phi) is 3.65. The molecule has 4 rings (SSSR count). The molecule has 7 heteroatoms. The minimum atomic E-state index is -0.550. The Morgan fingerprint density at radius 3 is 2.72 bits per heavy atom. The van der Waals surface area contributed by atoms with Crippen LogP contribution in [0.25, 0.3) is 11.0 Å². The number of anilines is 1. The Labute approximate surface area is 145 Å². The number of nitrogens with zero attached hydrogens (tertiary/aromatic N) is 3. The maximum Gasteiger partial charge on any atom is 0.252 e. The summed E-state index contributed by atoms with van der Waals surface area (Å²) in [4.78, 5) is 20.6. The summed E-state index contributed by atoms with van der Waals surface area (Å²) in [6.45, 7) is 3.58. The van der Waals surface area contributed by atoms with Gasteiger partial charge >= 0.3 is 0 Å². The van der Waals surface area contributed by atoms with Gasteiger partial charge in [-0.2, -0.15) is 0 Å². The Morgan fingerprint density at radius 2 is 2.08 bits per heavy atom. The van der Waals surface area contributed by atoms with Crippen LogP contribution in [0.2, 0.25) is 0 Å². The van der Waals surface area contributed by atoms with Crippen LogP contribution in [0.3, 0.4) is 0 Å². The van der Waals surface area contributed by atoms with Crippen LogP contribution in [0.4, 0.5) is 5.82 Å². The minimum absolute atomic E-state index is 0.105. The lowest BCUT2D eigenvalue weighted by molar-refractivity contribution is 0.0807. The Morgan fingerprint density at radius 1 is 1.36 bits per heavy atom. The van der Waals surface area contributed by atoms with Crippen LogP contribution in [0, 0.1) is 17.8 Å². The third-order valence-electron chi connectivity index (χ3n) is 5.15. The zero-order chi connectivity index (χ0) is 17.6. The van der Waals surface area contributed by atoms with Gasteiger partial charge in [-0.25, -0.2) is 9.97 Å². The van der Waals surface area contributed by atoms with E-state index in [1.165, 1.54) is 6.33 Å². The summed E-state index contributed by atoms with van der Waals surface area (Å²) in [7, 11) is 0. The van der Waals surface area contributed by atoms with Gasteiger partial charge < -0.3 is 20.8 Å². The van der Waals surface area contributed by atoms with Crippen LogP contribution in [0.15, 0.2) is 6.33 Å². The number of fused-ring (bicyclic) bond motifs is 1. The number of ether oxygens (including phenoxy) is 1. The van der Waals surface area contributed by atoms with E-state index in [9.17, 15) is 4.79 Å². The van der Waals surface area contributed by atoms with E-state index >= 15 is 0 Å². The largest absolute Gasteiger partial charge is 0.383 e. The smallest absolute Gasteiger partial charge is 0.252 e. The highest BCUT2D eigenvalue weighted by molar-refractivity contribution is 6.11. The van der Waals surface area contributed by atoms with Gasteiger partial charge in [0.05, 0.1) is 10.9 Å². The average molecular weight is 339 g/mol. The van der Waals surface area contributed by atoms with Gasteiger partial charge in [0.15, 0.2) is 0 Å². The van der Waals surface area contributed by atoms with E-state index in [0.717, 1.165) is 38.9 Å². The molecule has 0 bridgehead atoms. The molecule has 25 heavy (non-hydrogen) atoms. The first-order chi connectivity index (χ1) is 12.0. The normalized spacial score (nSPS) is 19.4. The molecule has 1 aliphatic heterocycles. The van der Waals surface area contributed by atoms with E-state index in [2.05, 4.69) is 28.7 Å². The Hall–Kier alpha value is -2.59. The number of hydrogen-bond acceptors (Lipinski definition) is 5. The third-order valence-corrected chi connectivity index (χ3v) is 5.15. The number of aromatic nitrogens is 3. The van der Waals surface area contributed by atoms with Crippen molar-refractivity contribution < 1.29 is 9.53 Å². The number of rotatable bonds is 2. The van der Waals surface area contributed by atoms with Crippen LogP contribution >= 0.6 is 0 Å². The minimum Gasteiger partial charge on any atom is -0.383 e. The van der Waals surface area contributed by atoms with Crippen LogP contribution < -0.4 is 11.5 Å². The molecule has 1 saturated carbocycles. The van der Waals surface area contributed by atoms with Gasteiger partial charge in [0, 0.05) is 24.7 Å².